The summed E-state index contributed by atoms with van der Waals surface area (Å²) < 4.78 is 13.9. The summed E-state index contributed by atoms with van der Waals surface area (Å²) in [4.78, 5) is 2.18. The third-order valence-corrected chi connectivity index (χ3v) is 4.33. The molecule has 0 bridgehead atoms. The van der Waals surface area contributed by atoms with Crippen molar-refractivity contribution < 1.29 is 4.39 Å². The van der Waals surface area contributed by atoms with Gasteiger partial charge in [0.1, 0.15) is 5.82 Å². The number of nitrogens with one attached hydrogen (secondary N) is 1. The molecular weight excluding hydrogens is 263 g/mol. The molecule has 0 amide bonds. The normalized spacial score (nSPS) is 14.9. The van der Waals surface area contributed by atoms with Gasteiger partial charge in [0.05, 0.1) is 0 Å². The quantitative estimate of drug-likeness (QED) is 0.913. The first kappa shape index (κ1) is 14.1. The van der Waals surface area contributed by atoms with Gasteiger partial charge in [0.25, 0.3) is 0 Å². The van der Waals surface area contributed by atoms with E-state index in [0.717, 1.165) is 25.1 Å². The standard InChI is InChI=1S/C18H21FN2/c1-13(16-5-3-4-6-17(16)19)21(2)12-14-7-8-18-15(11-14)9-10-20-18/h3-8,11,13,20H,9-10,12H2,1-2H3. The SMILES string of the molecule is CC(c1ccccc1F)N(C)Cc1ccc2c(c1)CCN2. The predicted molar refractivity (Wildman–Crippen MR) is 84.9 cm³/mol. The molecule has 0 fully saturated rings. The molecule has 2 aromatic carbocycles. The minimum absolute atomic E-state index is 0.0533. The lowest BCUT2D eigenvalue weighted by atomic mass is 10.0. The molecule has 21 heavy (non-hydrogen) atoms. The summed E-state index contributed by atoms with van der Waals surface area (Å²) in [7, 11) is 2.04. The van der Waals surface area contributed by atoms with Crippen LogP contribution in [0.1, 0.15) is 29.7 Å². The van der Waals surface area contributed by atoms with Crippen molar-refractivity contribution >= 4 is 5.69 Å². The molecule has 1 unspecified atom stereocenters. The highest BCUT2D eigenvalue weighted by Crippen LogP contribution is 2.26. The molecule has 1 aliphatic heterocycles. The second-order valence-electron chi connectivity index (χ2n) is 5.78. The van der Waals surface area contributed by atoms with Gasteiger partial charge in [-0.3, -0.25) is 4.90 Å². The Morgan fingerprint density at radius 2 is 2.05 bits per heavy atom. The van der Waals surface area contributed by atoms with Crippen LogP contribution < -0.4 is 5.32 Å². The highest BCUT2D eigenvalue weighted by molar-refractivity contribution is 5.56. The van der Waals surface area contributed by atoms with Crippen LogP contribution in [0.4, 0.5) is 10.1 Å². The van der Waals surface area contributed by atoms with Crippen molar-refractivity contribution in [3.05, 3.63) is 65.0 Å². The van der Waals surface area contributed by atoms with E-state index < -0.39 is 0 Å². The van der Waals surface area contributed by atoms with Crippen molar-refractivity contribution in [2.24, 2.45) is 0 Å². The van der Waals surface area contributed by atoms with Gasteiger partial charge in [-0.05, 0) is 43.7 Å². The summed E-state index contributed by atoms with van der Waals surface area (Å²) in [6.07, 6.45) is 1.09. The monoisotopic (exact) mass is 284 g/mol. The highest BCUT2D eigenvalue weighted by atomic mass is 19.1. The molecule has 0 saturated carbocycles. The van der Waals surface area contributed by atoms with Gasteiger partial charge in [-0.1, -0.05) is 30.3 Å². The minimum atomic E-state index is -0.130. The Balaban J connectivity index is 1.74. The number of hydrogen-bond donors (Lipinski definition) is 1. The maximum Gasteiger partial charge on any atom is 0.127 e. The number of halogens is 1. The van der Waals surface area contributed by atoms with E-state index in [1.807, 2.05) is 26.1 Å². The van der Waals surface area contributed by atoms with Crippen LogP contribution in [0.15, 0.2) is 42.5 Å². The maximum atomic E-state index is 13.9. The Morgan fingerprint density at radius 3 is 2.86 bits per heavy atom. The highest BCUT2D eigenvalue weighted by Gasteiger charge is 2.16. The summed E-state index contributed by atoms with van der Waals surface area (Å²) in [5.74, 6) is -0.130. The number of nitrogens with zero attached hydrogens (tertiary/aromatic N) is 1. The van der Waals surface area contributed by atoms with Gasteiger partial charge in [0.2, 0.25) is 0 Å². The predicted octanol–water partition coefficient (Wildman–Crippen LogP) is 3.99. The first-order valence-electron chi connectivity index (χ1n) is 7.45. The summed E-state index contributed by atoms with van der Waals surface area (Å²) in [5.41, 5.74) is 4.67. The molecule has 0 saturated heterocycles. The van der Waals surface area contributed by atoms with Crippen molar-refractivity contribution in [2.75, 3.05) is 18.9 Å². The molecule has 0 spiro atoms. The second kappa shape index (κ2) is 5.86. The van der Waals surface area contributed by atoms with Gasteiger partial charge < -0.3 is 5.32 Å². The number of fused-ring (bicyclic) bond motifs is 1. The van der Waals surface area contributed by atoms with Crippen molar-refractivity contribution in [1.29, 1.82) is 0 Å². The van der Waals surface area contributed by atoms with E-state index in [2.05, 4.69) is 28.4 Å². The van der Waals surface area contributed by atoms with Crippen LogP contribution in [-0.2, 0) is 13.0 Å². The maximum absolute atomic E-state index is 13.9. The third-order valence-electron chi connectivity index (χ3n) is 4.33. The van der Waals surface area contributed by atoms with Gasteiger partial charge in [-0.15, -0.1) is 0 Å². The lowest BCUT2D eigenvalue weighted by molar-refractivity contribution is 0.248. The minimum Gasteiger partial charge on any atom is -0.384 e. The zero-order valence-corrected chi connectivity index (χ0v) is 12.6. The zero-order chi connectivity index (χ0) is 14.8. The third kappa shape index (κ3) is 2.93. The van der Waals surface area contributed by atoms with E-state index >= 15 is 0 Å². The van der Waals surface area contributed by atoms with E-state index in [1.54, 1.807) is 6.07 Å². The molecular formula is C18H21FN2. The summed E-state index contributed by atoms with van der Waals surface area (Å²) in [6, 6.07) is 13.6. The first-order valence-corrected chi connectivity index (χ1v) is 7.45. The summed E-state index contributed by atoms with van der Waals surface area (Å²) in [5, 5.41) is 3.37. The van der Waals surface area contributed by atoms with E-state index in [9.17, 15) is 4.39 Å². The number of benzene rings is 2. The number of rotatable bonds is 4. The van der Waals surface area contributed by atoms with Crippen LogP contribution >= 0.6 is 0 Å². The molecule has 2 aromatic rings. The second-order valence-corrected chi connectivity index (χ2v) is 5.78. The van der Waals surface area contributed by atoms with Gasteiger partial charge in [0, 0.05) is 30.4 Å². The Labute approximate surface area is 125 Å². The Hall–Kier alpha value is -1.87. The topological polar surface area (TPSA) is 15.3 Å². The van der Waals surface area contributed by atoms with Gasteiger partial charge >= 0.3 is 0 Å². The van der Waals surface area contributed by atoms with Crippen LogP contribution in [0.25, 0.3) is 0 Å². The fraction of sp³-hybridized carbons (Fsp3) is 0.333. The lowest BCUT2D eigenvalue weighted by Crippen LogP contribution is -2.22. The molecule has 1 heterocycles. The van der Waals surface area contributed by atoms with Crippen molar-refractivity contribution in [3.8, 4) is 0 Å². The average molecular weight is 284 g/mol. The Morgan fingerprint density at radius 1 is 1.24 bits per heavy atom. The molecule has 0 radical (unpaired) electrons. The van der Waals surface area contributed by atoms with Crippen molar-refractivity contribution in [1.82, 2.24) is 4.90 Å². The molecule has 3 rings (SSSR count). The summed E-state index contributed by atoms with van der Waals surface area (Å²) >= 11 is 0. The van der Waals surface area contributed by atoms with Crippen LogP contribution in [0.2, 0.25) is 0 Å². The molecule has 0 aliphatic carbocycles. The fourth-order valence-corrected chi connectivity index (χ4v) is 2.93. The van der Waals surface area contributed by atoms with Crippen LogP contribution in [0.5, 0.6) is 0 Å². The van der Waals surface area contributed by atoms with E-state index in [1.165, 1.54) is 22.9 Å². The Kier molecular flexibility index (Phi) is 3.93. The van der Waals surface area contributed by atoms with Crippen LogP contribution in [0.3, 0.4) is 0 Å². The largest absolute Gasteiger partial charge is 0.384 e. The van der Waals surface area contributed by atoms with Crippen LogP contribution in [-0.4, -0.2) is 18.5 Å². The number of hydrogen-bond acceptors (Lipinski definition) is 2. The smallest absolute Gasteiger partial charge is 0.127 e. The summed E-state index contributed by atoms with van der Waals surface area (Å²) in [6.45, 7) is 3.90. The molecule has 110 valence electrons. The average Bonchev–Trinajstić information content (AvgIpc) is 2.94. The molecule has 1 aliphatic rings. The van der Waals surface area contributed by atoms with Gasteiger partial charge in [0.15, 0.2) is 0 Å². The number of anilines is 1. The van der Waals surface area contributed by atoms with Crippen molar-refractivity contribution in [3.63, 3.8) is 0 Å². The van der Waals surface area contributed by atoms with Crippen LogP contribution in [0, 0.1) is 5.82 Å². The Bertz CT molecular complexity index is 639. The molecule has 1 N–H and O–H groups in total. The molecule has 1 atom stereocenters. The first-order chi connectivity index (χ1) is 10.1. The van der Waals surface area contributed by atoms with E-state index in [-0.39, 0.29) is 11.9 Å². The van der Waals surface area contributed by atoms with Crippen molar-refractivity contribution in [2.45, 2.75) is 25.9 Å². The van der Waals surface area contributed by atoms with E-state index in [0.29, 0.717) is 0 Å². The zero-order valence-electron chi connectivity index (χ0n) is 12.6. The lowest BCUT2D eigenvalue weighted by Gasteiger charge is -2.25. The molecule has 3 heteroatoms. The van der Waals surface area contributed by atoms with Gasteiger partial charge in [-0.2, -0.15) is 0 Å². The fourth-order valence-electron chi connectivity index (χ4n) is 2.93. The molecule has 0 aromatic heterocycles. The van der Waals surface area contributed by atoms with Gasteiger partial charge in [-0.25, -0.2) is 4.39 Å². The molecule has 2 nitrogen and oxygen atoms in total. The van der Waals surface area contributed by atoms with E-state index in [4.69, 9.17) is 0 Å².